The van der Waals surface area contributed by atoms with Crippen molar-refractivity contribution in [3.8, 4) is 5.75 Å². The molecule has 2 rings (SSSR count). The van der Waals surface area contributed by atoms with Gasteiger partial charge in [-0.15, -0.1) is 12.4 Å². The minimum Gasteiger partial charge on any atom is -0.497 e. The van der Waals surface area contributed by atoms with Crippen molar-refractivity contribution < 1.29 is 14.1 Å². The Morgan fingerprint density at radius 2 is 2.25 bits per heavy atom. The summed E-state index contributed by atoms with van der Waals surface area (Å²) < 4.78 is 10.1. The van der Waals surface area contributed by atoms with Crippen LogP contribution >= 0.6 is 12.4 Å². The predicted molar refractivity (Wildman–Crippen MR) is 92.0 cm³/mol. The van der Waals surface area contributed by atoms with Crippen molar-refractivity contribution in [2.75, 3.05) is 25.5 Å². The minimum atomic E-state index is -0.123. The lowest BCUT2D eigenvalue weighted by atomic mass is 10.3. The number of nitrogens with two attached hydrogens (primary N) is 1. The summed E-state index contributed by atoms with van der Waals surface area (Å²) in [5.74, 6) is 1.47. The number of anilines is 1. The van der Waals surface area contributed by atoms with Gasteiger partial charge in [0, 0.05) is 11.8 Å². The van der Waals surface area contributed by atoms with E-state index in [1.165, 1.54) is 0 Å². The van der Waals surface area contributed by atoms with Crippen molar-refractivity contribution in [3.05, 3.63) is 36.0 Å². The molecule has 0 saturated heterocycles. The third-order valence-corrected chi connectivity index (χ3v) is 3.22. The molecule has 0 fully saturated rings. The van der Waals surface area contributed by atoms with Crippen LogP contribution in [-0.2, 0) is 17.9 Å². The van der Waals surface area contributed by atoms with Crippen molar-refractivity contribution in [2.24, 2.45) is 5.73 Å². The Labute approximate surface area is 146 Å². The normalized spacial score (nSPS) is 10.3. The second kappa shape index (κ2) is 9.86. The molecule has 0 radical (unpaired) electrons. The van der Waals surface area contributed by atoms with E-state index in [2.05, 4.69) is 15.5 Å². The maximum absolute atomic E-state index is 12.2. The number of rotatable bonds is 8. The zero-order valence-electron chi connectivity index (χ0n) is 13.7. The molecule has 1 aromatic carbocycles. The zero-order chi connectivity index (χ0) is 16.7. The van der Waals surface area contributed by atoms with E-state index < -0.39 is 0 Å². The Morgan fingerprint density at radius 1 is 1.46 bits per heavy atom. The molecule has 3 N–H and O–H groups in total. The van der Waals surface area contributed by atoms with Gasteiger partial charge in [-0.2, -0.15) is 4.98 Å². The van der Waals surface area contributed by atoms with E-state index in [9.17, 15) is 4.79 Å². The number of amides is 1. The predicted octanol–water partition coefficient (Wildman–Crippen LogP) is 1.42. The highest BCUT2D eigenvalue weighted by atomic mass is 35.5. The topological polar surface area (TPSA) is 107 Å². The smallest absolute Gasteiger partial charge is 0.240 e. The largest absolute Gasteiger partial charge is 0.497 e. The molecule has 2 aromatic rings. The Morgan fingerprint density at radius 3 is 2.88 bits per heavy atom. The van der Waals surface area contributed by atoms with Crippen LogP contribution in [0.4, 0.5) is 5.69 Å². The lowest BCUT2D eigenvalue weighted by Crippen LogP contribution is -2.33. The summed E-state index contributed by atoms with van der Waals surface area (Å²) in [6, 6.07) is 7.21. The van der Waals surface area contributed by atoms with Gasteiger partial charge in [-0.1, -0.05) is 18.1 Å². The van der Waals surface area contributed by atoms with Crippen molar-refractivity contribution in [1.82, 2.24) is 15.0 Å². The van der Waals surface area contributed by atoms with Crippen LogP contribution in [0.3, 0.4) is 0 Å². The van der Waals surface area contributed by atoms with Gasteiger partial charge < -0.3 is 20.3 Å². The number of methoxy groups -OCH3 is 1. The highest BCUT2D eigenvalue weighted by molar-refractivity contribution is 5.92. The van der Waals surface area contributed by atoms with E-state index in [-0.39, 0.29) is 31.4 Å². The number of nitrogens with zero attached hydrogens (tertiary/aromatic N) is 3. The van der Waals surface area contributed by atoms with Gasteiger partial charge in [-0.3, -0.25) is 9.69 Å². The monoisotopic (exact) mass is 355 g/mol. The van der Waals surface area contributed by atoms with E-state index >= 15 is 0 Å². The molecule has 0 unspecified atom stereocenters. The summed E-state index contributed by atoms with van der Waals surface area (Å²) in [6.07, 6.45) is 0. The Kier molecular flexibility index (Phi) is 8.17. The number of nitrogens with one attached hydrogen (secondary N) is 1. The Balaban J connectivity index is 0.00000288. The summed E-state index contributed by atoms with van der Waals surface area (Å²) in [4.78, 5) is 18.2. The third-order valence-electron chi connectivity index (χ3n) is 3.22. The van der Waals surface area contributed by atoms with Gasteiger partial charge in [0.05, 0.1) is 26.7 Å². The summed E-state index contributed by atoms with van der Waals surface area (Å²) in [5.41, 5.74) is 6.12. The highest BCUT2D eigenvalue weighted by Crippen LogP contribution is 2.16. The summed E-state index contributed by atoms with van der Waals surface area (Å²) in [6.45, 7) is 3.49. The molecule has 0 atom stereocenters. The molecule has 0 saturated carbocycles. The van der Waals surface area contributed by atoms with Crippen molar-refractivity contribution >= 4 is 24.0 Å². The van der Waals surface area contributed by atoms with Crippen LogP contribution in [0.1, 0.15) is 18.6 Å². The molecule has 1 heterocycles. The van der Waals surface area contributed by atoms with E-state index in [0.29, 0.717) is 36.2 Å². The SMILES string of the molecule is CCN(CC(=O)Nc1cccc(OC)c1)Cc1noc(CN)n1.Cl. The molecule has 1 amide bonds. The lowest BCUT2D eigenvalue weighted by molar-refractivity contribution is -0.117. The van der Waals surface area contributed by atoms with Crippen LogP contribution in [0.25, 0.3) is 0 Å². The van der Waals surface area contributed by atoms with Crippen LogP contribution in [0.2, 0.25) is 0 Å². The molecule has 0 aliphatic heterocycles. The Bertz CT molecular complexity index is 650. The molecule has 0 spiro atoms. The van der Waals surface area contributed by atoms with E-state index in [1.54, 1.807) is 13.2 Å². The minimum absolute atomic E-state index is 0. The first kappa shape index (κ1) is 19.9. The van der Waals surface area contributed by atoms with Crippen LogP contribution in [0.15, 0.2) is 28.8 Å². The molecule has 0 bridgehead atoms. The fraction of sp³-hybridized carbons (Fsp3) is 0.400. The van der Waals surface area contributed by atoms with Gasteiger partial charge >= 0.3 is 0 Å². The van der Waals surface area contributed by atoms with Crippen molar-refractivity contribution in [2.45, 2.75) is 20.0 Å². The first-order valence-corrected chi connectivity index (χ1v) is 7.32. The van der Waals surface area contributed by atoms with Gasteiger partial charge in [0.1, 0.15) is 5.75 Å². The molecule has 9 heteroatoms. The van der Waals surface area contributed by atoms with E-state index in [4.69, 9.17) is 15.0 Å². The molecule has 1 aromatic heterocycles. The van der Waals surface area contributed by atoms with Gasteiger partial charge in [-0.05, 0) is 18.7 Å². The number of carbonyl (C=O) groups is 1. The van der Waals surface area contributed by atoms with Gasteiger partial charge in [0.2, 0.25) is 11.8 Å². The second-order valence-corrected chi connectivity index (χ2v) is 4.89. The molecule has 0 aliphatic carbocycles. The molecule has 24 heavy (non-hydrogen) atoms. The van der Waals surface area contributed by atoms with Gasteiger partial charge in [0.25, 0.3) is 0 Å². The number of likely N-dealkylation sites (N-methyl/N-ethyl adjacent to an activating group) is 1. The zero-order valence-corrected chi connectivity index (χ0v) is 14.5. The molecule has 8 nitrogen and oxygen atoms in total. The summed E-state index contributed by atoms with van der Waals surface area (Å²) in [5, 5.41) is 6.67. The van der Waals surface area contributed by atoms with Crippen molar-refractivity contribution in [3.63, 3.8) is 0 Å². The second-order valence-electron chi connectivity index (χ2n) is 4.89. The number of halogens is 1. The van der Waals surface area contributed by atoms with E-state index in [0.717, 1.165) is 0 Å². The number of aromatic nitrogens is 2. The fourth-order valence-corrected chi connectivity index (χ4v) is 2.02. The molecular formula is C15H22ClN5O3. The van der Waals surface area contributed by atoms with Crippen LogP contribution in [-0.4, -0.2) is 41.1 Å². The van der Waals surface area contributed by atoms with Gasteiger partial charge in [-0.25, -0.2) is 0 Å². The number of ether oxygens (including phenoxy) is 1. The maximum atomic E-state index is 12.2. The van der Waals surface area contributed by atoms with Crippen LogP contribution in [0.5, 0.6) is 5.75 Å². The number of benzene rings is 1. The van der Waals surface area contributed by atoms with Crippen molar-refractivity contribution in [1.29, 1.82) is 0 Å². The first-order chi connectivity index (χ1) is 11.1. The average Bonchev–Trinajstić information content (AvgIpc) is 3.02. The Hall–Kier alpha value is -2.16. The number of hydrogen-bond acceptors (Lipinski definition) is 7. The highest BCUT2D eigenvalue weighted by Gasteiger charge is 2.13. The molecular weight excluding hydrogens is 334 g/mol. The summed E-state index contributed by atoms with van der Waals surface area (Å²) >= 11 is 0. The molecule has 0 aliphatic rings. The maximum Gasteiger partial charge on any atom is 0.240 e. The molecule has 132 valence electrons. The average molecular weight is 356 g/mol. The van der Waals surface area contributed by atoms with E-state index in [1.807, 2.05) is 30.0 Å². The standard InChI is InChI=1S/C15H21N5O3.ClH/c1-3-20(9-13-18-15(8-16)23-19-13)10-14(21)17-11-5-4-6-12(7-11)22-2;/h4-7H,3,8-10,16H2,1-2H3,(H,17,21);1H. The number of hydrogen-bond donors (Lipinski definition) is 2. The summed E-state index contributed by atoms with van der Waals surface area (Å²) in [7, 11) is 1.58. The fourth-order valence-electron chi connectivity index (χ4n) is 2.02. The quantitative estimate of drug-likeness (QED) is 0.737. The van der Waals surface area contributed by atoms with Crippen LogP contribution < -0.4 is 15.8 Å². The van der Waals surface area contributed by atoms with Gasteiger partial charge in [0.15, 0.2) is 5.82 Å². The first-order valence-electron chi connectivity index (χ1n) is 7.32. The van der Waals surface area contributed by atoms with Crippen LogP contribution in [0, 0.1) is 0 Å². The lowest BCUT2D eigenvalue weighted by Gasteiger charge is -2.17. The third kappa shape index (κ3) is 5.80. The number of carbonyl (C=O) groups excluding carboxylic acids is 1.